The van der Waals surface area contributed by atoms with Gasteiger partial charge in [-0.05, 0) is 36.8 Å². The molecule has 1 aliphatic rings. The summed E-state index contributed by atoms with van der Waals surface area (Å²) in [6.45, 7) is 7.95. The average molecular weight is 430 g/mol. The Morgan fingerprint density at radius 1 is 0.875 bits per heavy atom. The van der Waals surface area contributed by atoms with E-state index in [-0.39, 0.29) is 11.9 Å². The molecule has 3 aromatic carbocycles. The minimum Gasteiger partial charge on any atom is -0.374 e. The normalized spacial score (nSPS) is 15.2. The van der Waals surface area contributed by atoms with Gasteiger partial charge >= 0.3 is 0 Å². The van der Waals surface area contributed by atoms with Crippen LogP contribution >= 0.6 is 0 Å². The minimum atomic E-state index is -0.297. The third-order valence-electron chi connectivity index (χ3n) is 6.09. The molecule has 3 N–H and O–H groups in total. The maximum Gasteiger partial charge on any atom is 0.242 e. The van der Waals surface area contributed by atoms with Gasteiger partial charge in [-0.1, -0.05) is 60.7 Å². The fourth-order valence-electron chi connectivity index (χ4n) is 4.16. The number of hydrogen-bond acceptors (Lipinski definition) is 3. The van der Waals surface area contributed by atoms with Gasteiger partial charge < -0.3 is 20.4 Å². The Hall–Kier alpha value is -3.31. The minimum absolute atomic E-state index is 0.00422. The van der Waals surface area contributed by atoms with Crippen molar-refractivity contribution in [3.63, 3.8) is 0 Å². The number of carbonyl (C=O) groups excluding carboxylic acids is 1. The van der Waals surface area contributed by atoms with E-state index in [0.29, 0.717) is 6.54 Å². The van der Waals surface area contributed by atoms with E-state index in [1.54, 1.807) is 4.90 Å². The highest BCUT2D eigenvalue weighted by molar-refractivity contribution is 5.84. The number of benzene rings is 3. The zero-order chi connectivity index (χ0) is 22.2. The quantitative estimate of drug-likeness (QED) is 0.516. The molecule has 5 nitrogen and oxygen atoms in total. The second-order valence-electron chi connectivity index (χ2n) is 8.52. The molecule has 166 valence electrons. The second-order valence-corrected chi connectivity index (χ2v) is 8.52. The van der Waals surface area contributed by atoms with Crippen LogP contribution in [0.15, 0.2) is 84.9 Å². The molecule has 1 fully saturated rings. The van der Waals surface area contributed by atoms with Crippen LogP contribution in [0.2, 0.25) is 0 Å². The standard InChI is InChI=1S/C27H32N4O/c1-22(27(32)28-20-23-8-4-2-5-9-23)29-25-12-14-26(15-13-25)31-18-16-30(17-19-31)21-24-10-6-3-7-11-24/h2-15,22,29H,16-21H2,1H3,(H,28,32)/p+1/t22-/m1/s1. The number of hydrogen-bond donors (Lipinski definition) is 3. The molecule has 1 atom stereocenters. The van der Waals surface area contributed by atoms with Crippen molar-refractivity contribution in [2.75, 3.05) is 36.4 Å². The molecule has 1 saturated heterocycles. The van der Waals surface area contributed by atoms with Crippen LogP contribution in [0.3, 0.4) is 0 Å². The lowest BCUT2D eigenvalue weighted by atomic mass is 10.2. The Balaban J connectivity index is 1.23. The molecule has 0 aromatic heterocycles. The summed E-state index contributed by atoms with van der Waals surface area (Å²) in [7, 11) is 0. The summed E-state index contributed by atoms with van der Waals surface area (Å²) in [5, 5.41) is 6.30. The Kier molecular flexibility index (Phi) is 7.41. The van der Waals surface area contributed by atoms with Crippen LogP contribution in [0, 0.1) is 0 Å². The smallest absolute Gasteiger partial charge is 0.242 e. The lowest BCUT2D eigenvalue weighted by Gasteiger charge is -2.33. The molecule has 3 aromatic rings. The predicted molar refractivity (Wildman–Crippen MR) is 131 cm³/mol. The average Bonchev–Trinajstić information content (AvgIpc) is 2.85. The van der Waals surface area contributed by atoms with Gasteiger partial charge in [0.25, 0.3) is 0 Å². The van der Waals surface area contributed by atoms with E-state index in [9.17, 15) is 4.79 Å². The van der Waals surface area contributed by atoms with E-state index >= 15 is 0 Å². The summed E-state index contributed by atoms with van der Waals surface area (Å²) in [5.41, 5.74) is 4.72. The number of nitrogens with one attached hydrogen (secondary N) is 3. The molecule has 0 unspecified atom stereocenters. The summed E-state index contributed by atoms with van der Waals surface area (Å²) < 4.78 is 0. The zero-order valence-electron chi connectivity index (χ0n) is 18.8. The van der Waals surface area contributed by atoms with Gasteiger partial charge in [0, 0.05) is 23.5 Å². The van der Waals surface area contributed by atoms with Gasteiger partial charge in [0.1, 0.15) is 12.6 Å². The van der Waals surface area contributed by atoms with E-state index in [1.807, 2.05) is 37.3 Å². The number of anilines is 2. The maximum atomic E-state index is 12.4. The molecule has 0 radical (unpaired) electrons. The molecular formula is C27H33N4O+. The van der Waals surface area contributed by atoms with Crippen LogP contribution in [0.5, 0.6) is 0 Å². The Labute approximate surface area is 191 Å². The molecule has 0 aliphatic carbocycles. The van der Waals surface area contributed by atoms with Crippen molar-refractivity contribution in [1.82, 2.24) is 5.32 Å². The summed E-state index contributed by atoms with van der Waals surface area (Å²) in [6, 6.07) is 28.9. The van der Waals surface area contributed by atoms with E-state index in [4.69, 9.17) is 0 Å². The van der Waals surface area contributed by atoms with Crippen molar-refractivity contribution in [3.05, 3.63) is 96.1 Å². The number of quaternary nitrogens is 1. The first-order chi connectivity index (χ1) is 15.7. The van der Waals surface area contributed by atoms with Crippen LogP contribution in [0.25, 0.3) is 0 Å². The van der Waals surface area contributed by atoms with Crippen LogP contribution < -0.4 is 20.4 Å². The third kappa shape index (κ3) is 6.11. The molecule has 5 heteroatoms. The number of amides is 1. The van der Waals surface area contributed by atoms with E-state index < -0.39 is 0 Å². The van der Waals surface area contributed by atoms with Crippen molar-refractivity contribution < 1.29 is 9.69 Å². The second kappa shape index (κ2) is 10.8. The SMILES string of the molecule is C[C@@H](Nc1ccc(N2CC[NH+](Cc3ccccc3)CC2)cc1)C(=O)NCc1ccccc1. The predicted octanol–water partition coefficient (Wildman–Crippen LogP) is 2.71. The molecular weight excluding hydrogens is 396 g/mol. The first-order valence-corrected chi connectivity index (χ1v) is 11.5. The van der Waals surface area contributed by atoms with Gasteiger partial charge in [-0.15, -0.1) is 0 Å². The van der Waals surface area contributed by atoms with Gasteiger partial charge in [0.15, 0.2) is 0 Å². The Morgan fingerprint density at radius 2 is 1.47 bits per heavy atom. The van der Waals surface area contributed by atoms with Gasteiger partial charge in [0.05, 0.1) is 26.2 Å². The lowest BCUT2D eigenvalue weighted by molar-refractivity contribution is -0.914. The van der Waals surface area contributed by atoms with Crippen molar-refractivity contribution in [3.8, 4) is 0 Å². The highest BCUT2D eigenvalue weighted by Gasteiger charge is 2.20. The first kappa shape index (κ1) is 21.9. The number of piperazine rings is 1. The van der Waals surface area contributed by atoms with Crippen LogP contribution in [-0.4, -0.2) is 38.1 Å². The highest BCUT2D eigenvalue weighted by Crippen LogP contribution is 2.18. The lowest BCUT2D eigenvalue weighted by Crippen LogP contribution is -3.13. The fraction of sp³-hybridized carbons (Fsp3) is 0.296. The number of carbonyl (C=O) groups is 1. The molecule has 0 saturated carbocycles. The Bertz CT molecular complexity index is 968. The molecule has 1 amide bonds. The van der Waals surface area contributed by atoms with E-state index in [1.165, 1.54) is 11.3 Å². The van der Waals surface area contributed by atoms with Gasteiger partial charge in [-0.2, -0.15) is 0 Å². The van der Waals surface area contributed by atoms with Gasteiger partial charge in [-0.25, -0.2) is 0 Å². The monoisotopic (exact) mass is 429 g/mol. The molecule has 1 heterocycles. The summed E-state index contributed by atoms with van der Waals surface area (Å²) in [6.07, 6.45) is 0. The molecule has 4 rings (SSSR count). The number of rotatable bonds is 8. The summed E-state index contributed by atoms with van der Waals surface area (Å²) in [4.78, 5) is 16.5. The summed E-state index contributed by atoms with van der Waals surface area (Å²) >= 11 is 0. The van der Waals surface area contributed by atoms with Crippen molar-refractivity contribution in [2.45, 2.75) is 26.1 Å². The summed E-state index contributed by atoms with van der Waals surface area (Å²) in [5.74, 6) is -0.00422. The van der Waals surface area contributed by atoms with Crippen molar-refractivity contribution in [2.24, 2.45) is 0 Å². The van der Waals surface area contributed by atoms with Crippen LogP contribution in [0.1, 0.15) is 18.1 Å². The molecule has 32 heavy (non-hydrogen) atoms. The van der Waals surface area contributed by atoms with Crippen LogP contribution in [0.4, 0.5) is 11.4 Å². The molecule has 0 spiro atoms. The molecule has 0 bridgehead atoms. The third-order valence-corrected chi connectivity index (χ3v) is 6.09. The van der Waals surface area contributed by atoms with Crippen molar-refractivity contribution >= 4 is 17.3 Å². The van der Waals surface area contributed by atoms with Crippen LogP contribution in [-0.2, 0) is 17.9 Å². The van der Waals surface area contributed by atoms with E-state index in [2.05, 4.69) is 70.1 Å². The van der Waals surface area contributed by atoms with Gasteiger partial charge in [-0.3, -0.25) is 4.79 Å². The largest absolute Gasteiger partial charge is 0.374 e. The topological polar surface area (TPSA) is 48.8 Å². The van der Waals surface area contributed by atoms with Crippen molar-refractivity contribution in [1.29, 1.82) is 0 Å². The maximum absolute atomic E-state index is 12.4. The van der Waals surface area contributed by atoms with E-state index in [0.717, 1.165) is 44.0 Å². The first-order valence-electron chi connectivity index (χ1n) is 11.5. The Morgan fingerprint density at radius 3 is 2.09 bits per heavy atom. The zero-order valence-corrected chi connectivity index (χ0v) is 18.8. The fourth-order valence-corrected chi connectivity index (χ4v) is 4.16. The molecule has 1 aliphatic heterocycles. The number of nitrogens with zero attached hydrogens (tertiary/aromatic N) is 1. The van der Waals surface area contributed by atoms with Gasteiger partial charge in [0.2, 0.25) is 5.91 Å². The highest BCUT2D eigenvalue weighted by atomic mass is 16.2.